The van der Waals surface area contributed by atoms with Gasteiger partial charge in [0.15, 0.2) is 0 Å². The van der Waals surface area contributed by atoms with Crippen LogP contribution in [0.2, 0.25) is 0 Å². The molecule has 0 aliphatic rings. The Morgan fingerprint density at radius 1 is 1.12 bits per heavy atom. The first-order valence-electron chi connectivity index (χ1n) is 6.46. The van der Waals surface area contributed by atoms with Crippen molar-refractivity contribution < 1.29 is 4.74 Å². The highest BCUT2D eigenvalue weighted by atomic mass is 16.5. The molecule has 0 amide bonds. The molecular weight excluding hydrogens is 212 g/mol. The van der Waals surface area contributed by atoms with Crippen LogP contribution in [-0.2, 0) is 0 Å². The number of nitrogens with two attached hydrogens (primary N) is 2. The second kappa shape index (κ2) is 8.09. The average Bonchev–Trinajstić information content (AvgIpc) is 2.38. The SMILES string of the molecule is CCCCCCOc1ccc([C@@H](N)CN)cc1. The Bertz CT molecular complexity index is 298. The second-order valence-corrected chi connectivity index (χ2v) is 4.32. The Labute approximate surface area is 104 Å². The van der Waals surface area contributed by atoms with Crippen LogP contribution in [0.25, 0.3) is 0 Å². The minimum atomic E-state index is -0.0754. The third-order valence-corrected chi connectivity index (χ3v) is 2.83. The standard InChI is InChI=1S/C14H24N2O/c1-2-3-4-5-10-17-13-8-6-12(7-9-13)14(16)11-15/h6-9,14H,2-5,10-11,15-16H2,1H3/t14-/m0/s1. The van der Waals surface area contributed by atoms with E-state index in [1.165, 1.54) is 19.3 Å². The summed E-state index contributed by atoms with van der Waals surface area (Å²) in [4.78, 5) is 0. The van der Waals surface area contributed by atoms with Gasteiger partial charge in [-0.05, 0) is 24.1 Å². The maximum atomic E-state index is 5.83. The fraction of sp³-hybridized carbons (Fsp3) is 0.571. The fourth-order valence-electron chi connectivity index (χ4n) is 1.67. The quantitative estimate of drug-likeness (QED) is 0.682. The van der Waals surface area contributed by atoms with Crippen LogP contribution >= 0.6 is 0 Å². The molecule has 0 bridgehead atoms. The van der Waals surface area contributed by atoms with Crippen molar-refractivity contribution in [2.75, 3.05) is 13.2 Å². The molecule has 4 N–H and O–H groups in total. The van der Waals surface area contributed by atoms with Crippen molar-refractivity contribution in [2.24, 2.45) is 11.5 Å². The predicted octanol–water partition coefficient (Wildman–Crippen LogP) is 2.60. The van der Waals surface area contributed by atoms with Crippen molar-refractivity contribution >= 4 is 0 Å². The molecule has 17 heavy (non-hydrogen) atoms. The van der Waals surface area contributed by atoms with E-state index in [0.29, 0.717) is 6.54 Å². The van der Waals surface area contributed by atoms with E-state index in [1.807, 2.05) is 24.3 Å². The highest BCUT2D eigenvalue weighted by molar-refractivity contribution is 5.29. The number of benzene rings is 1. The summed E-state index contributed by atoms with van der Waals surface area (Å²) >= 11 is 0. The van der Waals surface area contributed by atoms with Crippen LogP contribution in [0.15, 0.2) is 24.3 Å². The van der Waals surface area contributed by atoms with Gasteiger partial charge in [-0.2, -0.15) is 0 Å². The van der Waals surface area contributed by atoms with Crippen LogP contribution in [0.4, 0.5) is 0 Å². The molecule has 0 aliphatic carbocycles. The third-order valence-electron chi connectivity index (χ3n) is 2.83. The number of ether oxygens (including phenoxy) is 1. The molecule has 0 heterocycles. The molecule has 0 aliphatic heterocycles. The van der Waals surface area contributed by atoms with Crippen molar-refractivity contribution in [3.8, 4) is 5.75 Å². The molecule has 1 atom stereocenters. The van der Waals surface area contributed by atoms with E-state index in [4.69, 9.17) is 16.2 Å². The number of unbranched alkanes of at least 4 members (excludes halogenated alkanes) is 3. The summed E-state index contributed by atoms with van der Waals surface area (Å²) in [6.07, 6.45) is 4.91. The molecule has 0 aromatic heterocycles. The molecule has 1 aromatic rings. The van der Waals surface area contributed by atoms with E-state index in [0.717, 1.165) is 24.3 Å². The predicted molar refractivity (Wildman–Crippen MR) is 72.1 cm³/mol. The van der Waals surface area contributed by atoms with E-state index in [-0.39, 0.29) is 6.04 Å². The maximum absolute atomic E-state index is 5.83. The van der Waals surface area contributed by atoms with Gasteiger partial charge in [0.05, 0.1) is 6.61 Å². The zero-order chi connectivity index (χ0) is 12.5. The van der Waals surface area contributed by atoms with Crippen molar-refractivity contribution in [3.63, 3.8) is 0 Å². The Morgan fingerprint density at radius 2 is 1.82 bits per heavy atom. The lowest BCUT2D eigenvalue weighted by molar-refractivity contribution is 0.305. The van der Waals surface area contributed by atoms with E-state index in [2.05, 4.69) is 6.92 Å². The molecule has 0 fully saturated rings. The van der Waals surface area contributed by atoms with Gasteiger partial charge < -0.3 is 16.2 Å². The van der Waals surface area contributed by atoms with Crippen LogP contribution in [0.5, 0.6) is 5.75 Å². The van der Waals surface area contributed by atoms with Crippen molar-refractivity contribution in [1.29, 1.82) is 0 Å². The highest BCUT2D eigenvalue weighted by Crippen LogP contribution is 2.16. The average molecular weight is 236 g/mol. The van der Waals surface area contributed by atoms with Crippen molar-refractivity contribution in [3.05, 3.63) is 29.8 Å². The topological polar surface area (TPSA) is 61.3 Å². The van der Waals surface area contributed by atoms with Gasteiger partial charge in [-0.3, -0.25) is 0 Å². The Balaban J connectivity index is 2.30. The number of hydrogen-bond acceptors (Lipinski definition) is 3. The molecule has 0 spiro atoms. The first-order valence-corrected chi connectivity index (χ1v) is 6.46. The monoisotopic (exact) mass is 236 g/mol. The first-order chi connectivity index (χ1) is 8.27. The largest absolute Gasteiger partial charge is 0.494 e. The molecule has 0 unspecified atom stereocenters. The Kier molecular flexibility index (Phi) is 6.67. The van der Waals surface area contributed by atoms with Crippen LogP contribution < -0.4 is 16.2 Å². The van der Waals surface area contributed by atoms with Gasteiger partial charge in [-0.15, -0.1) is 0 Å². The lowest BCUT2D eigenvalue weighted by Crippen LogP contribution is -2.20. The van der Waals surface area contributed by atoms with Crippen molar-refractivity contribution in [2.45, 2.75) is 38.6 Å². The van der Waals surface area contributed by atoms with Gasteiger partial charge in [0, 0.05) is 12.6 Å². The molecule has 3 heteroatoms. The molecule has 3 nitrogen and oxygen atoms in total. The molecule has 96 valence electrons. The lowest BCUT2D eigenvalue weighted by atomic mass is 10.1. The van der Waals surface area contributed by atoms with E-state index >= 15 is 0 Å². The maximum Gasteiger partial charge on any atom is 0.119 e. The first kappa shape index (κ1) is 14.0. The van der Waals surface area contributed by atoms with Crippen LogP contribution in [0, 0.1) is 0 Å². The Morgan fingerprint density at radius 3 is 2.41 bits per heavy atom. The summed E-state index contributed by atoms with van der Waals surface area (Å²) in [6.45, 7) is 3.47. The molecule has 1 aromatic carbocycles. The van der Waals surface area contributed by atoms with Crippen LogP contribution in [0.1, 0.15) is 44.2 Å². The van der Waals surface area contributed by atoms with Gasteiger partial charge in [0.1, 0.15) is 5.75 Å². The molecule has 0 saturated heterocycles. The van der Waals surface area contributed by atoms with Crippen LogP contribution in [0.3, 0.4) is 0 Å². The third kappa shape index (κ3) is 5.20. The van der Waals surface area contributed by atoms with E-state index < -0.39 is 0 Å². The highest BCUT2D eigenvalue weighted by Gasteiger charge is 2.02. The Hall–Kier alpha value is -1.06. The molecule has 0 radical (unpaired) electrons. The normalized spacial score (nSPS) is 12.4. The van der Waals surface area contributed by atoms with Gasteiger partial charge in [0.25, 0.3) is 0 Å². The molecule has 0 saturated carbocycles. The lowest BCUT2D eigenvalue weighted by Gasteiger charge is -2.10. The zero-order valence-corrected chi connectivity index (χ0v) is 10.7. The number of hydrogen-bond donors (Lipinski definition) is 2. The number of rotatable bonds is 8. The smallest absolute Gasteiger partial charge is 0.119 e. The fourth-order valence-corrected chi connectivity index (χ4v) is 1.67. The summed E-state index contributed by atoms with van der Waals surface area (Å²) in [7, 11) is 0. The summed E-state index contributed by atoms with van der Waals surface area (Å²) in [5.41, 5.74) is 12.4. The minimum Gasteiger partial charge on any atom is -0.494 e. The molecule has 1 rings (SSSR count). The van der Waals surface area contributed by atoms with Crippen LogP contribution in [-0.4, -0.2) is 13.2 Å². The van der Waals surface area contributed by atoms with E-state index in [1.54, 1.807) is 0 Å². The van der Waals surface area contributed by atoms with Gasteiger partial charge >= 0.3 is 0 Å². The summed E-state index contributed by atoms with van der Waals surface area (Å²) < 4.78 is 5.65. The van der Waals surface area contributed by atoms with Crippen molar-refractivity contribution in [1.82, 2.24) is 0 Å². The minimum absolute atomic E-state index is 0.0754. The second-order valence-electron chi connectivity index (χ2n) is 4.32. The summed E-state index contributed by atoms with van der Waals surface area (Å²) in [5, 5.41) is 0. The van der Waals surface area contributed by atoms with Gasteiger partial charge in [-0.25, -0.2) is 0 Å². The summed E-state index contributed by atoms with van der Waals surface area (Å²) in [5.74, 6) is 0.912. The zero-order valence-electron chi connectivity index (χ0n) is 10.7. The van der Waals surface area contributed by atoms with E-state index in [9.17, 15) is 0 Å². The molecular formula is C14H24N2O. The van der Waals surface area contributed by atoms with Gasteiger partial charge in [-0.1, -0.05) is 38.3 Å². The van der Waals surface area contributed by atoms with Gasteiger partial charge in [0.2, 0.25) is 0 Å². The summed E-state index contributed by atoms with van der Waals surface area (Å²) in [6, 6.07) is 7.82.